The highest BCUT2D eigenvalue weighted by Crippen LogP contribution is 2.45. The fourth-order valence-corrected chi connectivity index (χ4v) is 3.57. The van der Waals surface area contributed by atoms with Gasteiger partial charge in [0.2, 0.25) is 0 Å². The van der Waals surface area contributed by atoms with Crippen LogP contribution < -0.4 is 5.32 Å². The van der Waals surface area contributed by atoms with E-state index in [0.717, 1.165) is 17.7 Å². The molecule has 0 saturated carbocycles. The molecule has 1 amide bonds. The molecule has 126 valence electrons. The number of hydrogen-bond donors (Lipinski definition) is 1. The average Bonchev–Trinajstić information content (AvgIpc) is 2.54. The van der Waals surface area contributed by atoms with Crippen molar-refractivity contribution in [3.05, 3.63) is 64.7 Å². The van der Waals surface area contributed by atoms with Crippen molar-refractivity contribution in [3.63, 3.8) is 0 Å². The smallest absolute Gasteiger partial charge is 0.255 e. The summed E-state index contributed by atoms with van der Waals surface area (Å²) >= 11 is 0. The number of aryl methyl sites for hydroxylation is 1. The quantitative estimate of drug-likeness (QED) is 0.767. The fraction of sp³-hybridized carbons (Fsp3) is 0.409. The Bertz CT molecular complexity index is 769. The SMILES string of the molecule is Cc1ccc(NC(=O)c2ccc3c(c2)C(C)(C)CCC3(C)C)cc1. The van der Waals surface area contributed by atoms with Crippen molar-refractivity contribution in [2.75, 3.05) is 5.32 Å². The third-order valence-corrected chi connectivity index (χ3v) is 5.42. The van der Waals surface area contributed by atoms with Gasteiger partial charge in [-0.3, -0.25) is 4.79 Å². The van der Waals surface area contributed by atoms with E-state index < -0.39 is 0 Å². The third-order valence-electron chi connectivity index (χ3n) is 5.42. The Morgan fingerprint density at radius 3 is 2.08 bits per heavy atom. The van der Waals surface area contributed by atoms with Gasteiger partial charge in [0.25, 0.3) is 5.91 Å². The molecule has 0 bridgehead atoms. The number of fused-ring (bicyclic) bond motifs is 1. The highest BCUT2D eigenvalue weighted by atomic mass is 16.1. The number of carbonyl (C=O) groups is 1. The number of rotatable bonds is 2. The van der Waals surface area contributed by atoms with Crippen LogP contribution in [0.3, 0.4) is 0 Å². The van der Waals surface area contributed by atoms with Crippen LogP contribution >= 0.6 is 0 Å². The van der Waals surface area contributed by atoms with Crippen LogP contribution in [0, 0.1) is 6.92 Å². The van der Waals surface area contributed by atoms with Gasteiger partial charge in [0, 0.05) is 11.3 Å². The molecular formula is C22H27NO. The second-order valence-electron chi connectivity index (χ2n) is 8.35. The molecule has 3 rings (SSSR count). The van der Waals surface area contributed by atoms with Crippen LogP contribution in [0.5, 0.6) is 0 Å². The summed E-state index contributed by atoms with van der Waals surface area (Å²) in [5.74, 6) is -0.0409. The summed E-state index contributed by atoms with van der Waals surface area (Å²) in [4.78, 5) is 12.6. The van der Waals surface area contributed by atoms with Gasteiger partial charge in [-0.2, -0.15) is 0 Å². The number of anilines is 1. The van der Waals surface area contributed by atoms with Gasteiger partial charge in [-0.15, -0.1) is 0 Å². The lowest BCUT2D eigenvalue weighted by molar-refractivity contribution is 0.102. The van der Waals surface area contributed by atoms with Crippen molar-refractivity contribution < 1.29 is 4.79 Å². The zero-order chi connectivity index (χ0) is 17.5. The van der Waals surface area contributed by atoms with Crippen LogP contribution in [0.15, 0.2) is 42.5 Å². The molecule has 0 fully saturated rings. The molecule has 2 aromatic carbocycles. The van der Waals surface area contributed by atoms with E-state index in [1.165, 1.54) is 23.1 Å². The molecule has 24 heavy (non-hydrogen) atoms. The van der Waals surface area contributed by atoms with Gasteiger partial charge < -0.3 is 5.32 Å². The van der Waals surface area contributed by atoms with Gasteiger partial charge in [-0.05, 0) is 66.0 Å². The van der Waals surface area contributed by atoms with Crippen molar-refractivity contribution in [1.82, 2.24) is 0 Å². The molecule has 2 aromatic rings. The highest BCUT2D eigenvalue weighted by Gasteiger charge is 2.37. The number of amides is 1. The Balaban J connectivity index is 1.92. The highest BCUT2D eigenvalue weighted by molar-refractivity contribution is 6.04. The zero-order valence-electron chi connectivity index (χ0n) is 15.4. The lowest BCUT2D eigenvalue weighted by Crippen LogP contribution is -2.34. The minimum absolute atomic E-state index is 0.0409. The molecule has 0 radical (unpaired) electrons. The molecule has 0 saturated heterocycles. The van der Waals surface area contributed by atoms with Gasteiger partial charge in [-0.1, -0.05) is 51.5 Å². The molecule has 0 spiro atoms. The molecule has 1 aliphatic carbocycles. The summed E-state index contributed by atoms with van der Waals surface area (Å²) < 4.78 is 0. The Morgan fingerprint density at radius 1 is 0.875 bits per heavy atom. The Morgan fingerprint density at radius 2 is 1.46 bits per heavy atom. The van der Waals surface area contributed by atoms with Crippen molar-refractivity contribution in [3.8, 4) is 0 Å². The van der Waals surface area contributed by atoms with E-state index in [9.17, 15) is 4.79 Å². The van der Waals surface area contributed by atoms with Crippen molar-refractivity contribution in [1.29, 1.82) is 0 Å². The number of benzene rings is 2. The van der Waals surface area contributed by atoms with Gasteiger partial charge >= 0.3 is 0 Å². The average molecular weight is 321 g/mol. The predicted octanol–water partition coefficient (Wildman–Crippen LogP) is 5.60. The molecule has 0 unspecified atom stereocenters. The second-order valence-corrected chi connectivity index (χ2v) is 8.35. The summed E-state index contributed by atoms with van der Waals surface area (Å²) in [5.41, 5.74) is 5.75. The van der Waals surface area contributed by atoms with Gasteiger partial charge in [0.05, 0.1) is 0 Å². The first-order valence-corrected chi connectivity index (χ1v) is 8.72. The molecule has 1 N–H and O–H groups in total. The maximum absolute atomic E-state index is 12.6. The Labute approximate surface area is 145 Å². The van der Waals surface area contributed by atoms with E-state index in [0.29, 0.717) is 0 Å². The number of nitrogens with one attached hydrogen (secondary N) is 1. The van der Waals surface area contributed by atoms with Crippen LogP contribution in [0.4, 0.5) is 5.69 Å². The van der Waals surface area contributed by atoms with Crippen LogP contribution in [-0.4, -0.2) is 5.91 Å². The van der Waals surface area contributed by atoms with E-state index in [4.69, 9.17) is 0 Å². The molecule has 0 heterocycles. The second kappa shape index (κ2) is 5.77. The lowest BCUT2D eigenvalue weighted by atomic mass is 9.63. The standard InChI is InChI=1S/C22H27NO/c1-15-6-9-17(10-7-15)23-20(24)16-8-11-18-19(14-16)22(4,5)13-12-21(18,2)3/h6-11,14H,12-13H2,1-5H3,(H,23,24). The maximum Gasteiger partial charge on any atom is 0.255 e. The fourth-order valence-electron chi connectivity index (χ4n) is 3.57. The summed E-state index contributed by atoms with van der Waals surface area (Å²) in [6, 6.07) is 14.1. The van der Waals surface area contributed by atoms with E-state index in [1.54, 1.807) is 0 Å². The van der Waals surface area contributed by atoms with Crippen LogP contribution in [0.2, 0.25) is 0 Å². The predicted molar refractivity (Wildman–Crippen MR) is 101 cm³/mol. The summed E-state index contributed by atoms with van der Waals surface area (Å²) in [6.07, 6.45) is 2.33. The van der Waals surface area contributed by atoms with Gasteiger partial charge in [0.1, 0.15) is 0 Å². The molecule has 2 heteroatoms. The van der Waals surface area contributed by atoms with Crippen LogP contribution in [0.1, 0.15) is 67.6 Å². The topological polar surface area (TPSA) is 29.1 Å². The van der Waals surface area contributed by atoms with Crippen molar-refractivity contribution in [2.24, 2.45) is 0 Å². The third kappa shape index (κ3) is 3.10. The Hall–Kier alpha value is -2.09. The summed E-state index contributed by atoms with van der Waals surface area (Å²) in [6.45, 7) is 11.2. The summed E-state index contributed by atoms with van der Waals surface area (Å²) in [7, 11) is 0. The van der Waals surface area contributed by atoms with E-state index in [-0.39, 0.29) is 16.7 Å². The van der Waals surface area contributed by atoms with E-state index >= 15 is 0 Å². The van der Waals surface area contributed by atoms with Gasteiger partial charge in [-0.25, -0.2) is 0 Å². The van der Waals surface area contributed by atoms with Gasteiger partial charge in [0.15, 0.2) is 0 Å². The molecule has 1 aliphatic rings. The first kappa shape index (κ1) is 16.8. The first-order chi connectivity index (χ1) is 11.2. The van der Waals surface area contributed by atoms with Crippen LogP contribution in [-0.2, 0) is 10.8 Å². The van der Waals surface area contributed by atoms with Crippen molar-refractivity contribution >= 4 is 11.6 Å². The minimum atomic E-state index is -0.0409. The normalized spacial score (nSPS) is 17.9. The monoisotopic (exact) mass is 321 g/mol. The van der Waals surface area contributed by atoms with Crippen molar-refractivity contribution in [2.45, 2.75) is 58.3 Å². The van der Waals surface area contributed by atoms with E-state index in [1.807, 2.05) is 37.3 Å². The minimum Gasteiger partial charge on any atom is -0.322 e. The molecule has 0 aromatic heterocycles. The largest absolute Gasteiger partial charge is 0.322 e. The first-order valence-electron chi connectivity index (χ1n) is 8.72. The molecule has 0 aliphatic heterocycles. The lowest BCUT2D eigenvalue weighted by Gasteiger charge is -2.42. The molecule has 2 nitrogen and oxygen atoms in total. The molecule has 0 atom stereocenters. The van der Waals surface area contributed by atoms with Crippen LogP contribution in [0.25, 0.3) is 0 Å². The Kier molecular flexibility index (Phi) is 4.03. The molecular weight excluding hydrogens is 294 g/mol. The number of carbonyl (C=O) groups excluding carboxylic acids is 1. The zero-order valence-corrected chi connectivity index (χ0v) is 15.4. The van der Waals surface area contributed by atoms with E-state index in [2.05, 4.69) is 45.1 Å². The maximum atomic E-state index is 12.6. The number of hydrogen-bond acceptors (Lipinski definition) is 1. The summed E-state index contributed by atoms with van der Waals surface area (Å²) in [5, 5.41) is 3.00.